The van der Waals surface area contributed by atoms with Crippen molar-refractivity contribution in [3.8, 4) is 11.4 Å². The third-order valence-corrected chi connectivity index (χ3v) is 5.82. The van der Waals surface area contributed by atoms with Crippen LogP contribution in [0.3, 0.4) is 0 Å². The molecule has 7 nitrogen and oxygen atoms in total. The number of halogens is 3. The van der Waals surface area contributed by atoms with E-state index < -0.39 is 21.6 Å². The monoisotopic (exact) mass is 453 g/mol. The first-order chi connectivity index (χ1) is 14.3. The largest absolute Gasteiger partial charge is 0.420 e. The number of benzene rings is 1. The van der Waals surface area contributed by atoms with Crippen LogP contribution < -0.4 is 5.32 Å². The van der Waals surface area contributed by atoms with Gasteiger partial charge in [0.15, 0.2) is 9.84 Å². The zero-order chi connectivity index (χ0) is 23.1. The summed E-state index contributed by atoms with van der Waals surface area (Å²) >= 11 is 0. The molecule has 1 N–H and O–H groups in total. The highest BCUT2D eigenvalue weighted by Crippen LogP contribution is 2.37. The van der Waals surface area contributed by atoms with Crippen LogP contribution in [0.2, 0.25) is 0 Å². The number of alkyl halides is 3. The quantitative estimate of drug-likeness (QED) is 0.602. The molecule has 31 heavy (non-hydrogen) atoms. The van der Waals surface area contributed by atoms with Crippen LogP contribution in [0.1, 0.15) is 36.8 Å². The number of imidazole rings is 1. The molecule has 0 unspecified atom stereocenters. The van der Waals surface area contributed by atoms with Gasteiger partial charge < -0.3 is 9.88 Å². The minimum Gasteiger partial charge on any atom is -0.324 e. The van der Waals surface area contributed by atoms with Crippen molar-refractivity contribution in [1.82, 2.24) is 19.5 Å². The summed E-state index contributed by atoms with van der Waals surface area (Å²) in [6.07, 6.45) is -1.46. The van der Waals surface area contributed by atoms with E-state index in [1.165, 1.54) is 24.4 Å². The van der Waals surface area contributed by atoms with Gasteiger partial charge in [-0.2, -0.15) is 13.2 Å². The Hall–Kier alpha value is -2.95. The maximum absolute atomic E-state index is 13.7. The first kappa shape index (κ1) is 22.7. The van der Waals surface area contributed by atoms with Gasteiger partial charge in [-0.05, 0) is 51.5 Å². The number of hydrogen-bond acceptors (Lipinski definition) is 6. The maximum Gasteiger partial charge on any atom is 0.420 e. The number of rotatable bonds is 5. The summed E-state index contributed by atoms with van der Waals surface area (Å²) < 4.78 is 66.1. The van der Waals surface area contributed by atoms with Crippen molar-refractivity contribution in [1.29, 1.82) is 0 Å². The molecule has 0 atom stereocenters. The lowest BCUT2D eigenvalue weighted by atomic mass is 10.1. The molecule has 0 aliphatic heterocycles. The van der Waals surface area contributed by atoms with Crippen LogP contribution in [0, 0.1) is 13.8 Å². The van der Waals surface area contributed by atoms with Crippen LogP contribution in [0.5, 0.6) is 0 Å². The summed E-state index contributed by atoms with van der Waals surface area (Å²) in [5.41, 5.74) is 0.0332. The average Bonchev–Trinajstić information content (AvgIpc) is 3.03. The number of aryl methyl sites for hydroxylation is 2. The van der Waals surface area contributed by atoms with Gasteiger partial charge >= 0.3 is 6.18 Å². The van der Waals surface area contributed by atoms with Gasteiger partial charge in [-0.15, -0.1) is 0 Å². The van der Waals surface area contributed by atoms with Crippen molar-refractivity contribution < 1.29 is 21.6 Å². The molecule has 0 aliphatic carbocycles. The number of nitrogens with one attached hydrogen (secondary N) is 1. The molecule has 166 valence electrons. The Balaban J connectivity index is 2.10. The predicted molar refractivity (Wildman–Crippen MR) is 111 cm³/mol. The van der Waals surface area contributed by atoms with E-state index in [2.05, 4.69) is 20.3 Å². The first-order valence-corrected chi connectivity index (χ1v) is 11.2. The Bertz CT molecular complexity index is 1230. The summed E-state index contributed by atoms with van der Waals surface area (Å²) in [7, 11) is -3.38. The van der Waals surface area contributed by atoms with Crippen LogP contribution in [0.25, 0.3) is 11.4 Å². The molecule has 0 radical (unpaired) electrons. The standard InChI is InChI=1S/C20H22F3N5O2S/c1-11(2)28-13(4)24-10-17(28)18-15(20(21,22)23)9-25-19(27-18)26-16-7-6-14(8-12(16)3)31(5,29)30/h6-11H,1-5H3,(H,25,26,27). The topological polar surface area (TPSA) is 89.8 Å². The van der Waals surface area contributed by atoms with Gasteiger partial charge in [-0.25, -0.2) is 23.4 Å². The summed E-state index contributed by atoms with van der Waals surface area (Å²) in [4.78, 5) is 12.3. The minimum absolute atomic E-state index is 0.0487. The van der Waals surface area contributed by atoms with Crippen molar-refractivity contribution in [3.63, 3.8) is 0 Å². The van der Waals surface area contributed by atoms with Gasteiger partial charge in [0.2, 0.25) is 5.95 Å². The number of hydrogen-bond donors (Lipinski definition) is 1. The first-order valence-electron chi connectivity index (χ1n) is 9.35. The van der Waals surface area contributed by atoms with E-state index in [0.29, 0.717) is 17.1 Å². The number of sulfone groups is 1. The SMILES string of the molecule is Cc1cc(S(C)(=O)=O)ccc1Nc1ncc(C(F)(F)F)c(-c2cnc(C)n2C(C)C)n1. The van der Waals surface area contributed by atoms with E-state index >= 15 is 0 Å². The molecular weight excluding hydrogens is 431 g/mol. The van der Waals surface area contributed by atoms with Gasteiger partial charge in [0, 0.05) is 24.2 Å². The van der Waals surface area contributed by atoms with Crippen LogP contribution in [-0.2, 0) is 16.0 Å². The highest BCUT2D eigenvalue weighted by Gasteiger charge is 2.36. The second-order valence-electron chi connectivity index (χ2n) is 7.48. The number of anilines is 2. The molecule has 2 heterocycles. The zero-order valence-electron chi connectivity index (χ0n) is 17.6. The van der Waals surface area contributed by atoms with E-state index in [9.17, 15) is 21.6 Å². The smallest absolute Gasteiger partial charge is 0.324 e. The molecule has 0 bridgehead atoms. The predicted octanol–water partition coefficient (Wildman–Crippen LogP) is 4.70. The maximum atomic E-state index is 13.7. The van der Waals surface area contributed by atoms with Gasteiger partial charge in [-0.1, -0.05) is 0 Å². The average molecular weight is 453 g/mol. The lowest BCUT2D eigenvalue weighted by Gasteiger charge is -2.18. The molecule has 1 aromatic carbocycles. The summed E-state index contributed by atoms with van der Waals surface area (Å²) in [5.74, 6) is 0.519. The number of nitrogens with zero attached hydrogens (tertiary/aromatic N) is 4. The van der Waals surface area contributed by atoms with E-state index in [1.54, 1.807) is 18.4 Å². The molecule has 0 aliphatic rings. The molecule has 0 saturated heterocycles. The lowest BCUT2D eigenvalue weighted by Crippen LogP contribution is -2.14. The third-order valence-electron chi connectivity index (χ3n) is 4.71. The summed E-state index contributed by atoms with van der Waals surface area (Å²) in [6.45, 7) is 7.08. The van der Waals surface area contributed by atoms with Gasteiger partial charge in [0.25, 0.3) is 0 Å². The van der Waals surface area contributed by atoms with Crippen molar-refractivity contribution in [2.75, 3.05) is 11.6 Å². The second-order valence-corrected chi connectivity index (χ2v) is 9.50. The van der Waals surface area contributed by atoms with Crippen molar-refractivity contribution in [2.45, 2.75) is 44.8 Å². The molecule has 0 saturated carbocycles. The minimum atomic E-state index is -4.65. The molecule has 3 aromatic rings. The van der Waals surface area contributed by atoms with Crippen molar-refractivity contribution >= 4 is 21.5 Å². The zero-order valence-corrected chi connectivity index (χ0v) is 18.4. The van der Waals surface area contributed by atoms with Crippen molar-refractivity contribution in [2.24, 2.45) is 0 Å². The van der Waals surface area contributed by atoms with E-state index in [1.807, 2.05) is 13.8 Å². The molecular formula is C20H22F3N5O2S. The molecule has 0 fully saturated rings. The summed E-state index contributed by atoms with van der Waals surface area (Å²) in [5, 5.41) is 2.88. The molecule has 11 heteroatoms. The fraction of sp³-hybridized carbons (Fsp3) is 0.350. The molecule has 3 rings (SSSR count). The fourth-order valence-corrected chi connectivity index (χ4v) is 3.96. The van der Waals surface area contributed by atoms with Gasteiger partial charge in [-0.3, -0.25) is 0 Å². The van der Waals surface area contributed by atoms with E-state index in [4.69, 9.17) is 0 Å². The summed E-state index contributed by atoms with van der Waals surface area (Å²) in [6, 6.07) is 4.28. The van der Waals surface area contributed by atoms with Crippen LogP contribution in [0.4, 0.5) is 24.8 Å². The Morgan fingerprint density at radius 1 is 1.10 bits per heavy atom. The van der Waals surface area contributed by atoms with Gasteiger partial charge in [0.05, 0.1) is 16.8 Å². The molecule has 2 aromatic heterocycles. The lowest BCUT2D eigenvalue weighted by molar-refractivity contribution is -0.137. The normalized spacial score (nSPS) is 12.4. The highest BCUT2D eigenvalue weighted by molar-refractivity contribution is 7.90. The van der Waals surface area contributed by atoms with Crippen LogP contribution in [0.15, 0.2) is 35.5 Å². The third kappa shape index (κ3) is 4.71. The fourth-order valence-electron chi connectivity index (χ4n) is 3.25. The Morgan fingerprint density at radius 2 is 1.77 bits per heavy atom. The molecule has 0 amide bonds. The van der Waals surface area contributed by atoms with Crippen LogP contribution >= 0.6 is 0 Å². The molecule has 0 spiro atoms. The Kier molecular flexibility index (Phi) is 5.83. The Labute approximate surface area is 178 Å². The van der Waals surface area contributed by atoms with Gasteiger partial charge in [0.1, 0.15) is 17.1 Å². The van der Waals surface area contributed by atoms with E-state index in [-0.39, 0.29) is 28.3 Å². The van der Waals surface area contributed by atoms with E-state index in [0.717, 1.165) is 12.5 Å². The highest BCUT2D eigenvalue weighted by atomic mass is 32.2. The Morgan fingerprint density at radius 3 is 2.32 bits per heavy atom. The second kappa shape index (κ2) is 7.95. The number of aromatic nitrogens is 4. The van der Waals surface area contributed by atoms with Crippen LogP contribution in [-0.4, -0.2) is 34.2 Å². The van der Waals surface area contributed by atoms with Crippen molar-refractivity contribution in [3.05, 3.63) is 47.5 Å².